The molecule has 5 rings (SSSR count). The van der Waals surface area contributed by atoms with Crippen molar-refractivity contribution in [3.63, 3.8) is 0 Å². The molecular formula is C28H44O4. The standard InChI is InChI=1S/C28H44O4/c1-15(2)16(3)7-8-17(4)20-9-10-21-19-12-24-28(32-24)13-18(29)11-23(31)27(28,6)25(19)22(30)14-26(20,21)5/h7-8,15-22,24-25,29-30H,9-14H2,1-6H3. The van der Waals surface area contributed by atoms with Crippen LogP contribution in [0.1, 0.15) is 80.1 Å². The molecule has 4 nitrogen and oxygen atoms in total. The molecule has 1 saturated heterocycles. The lowest BCUT2D eigenvalue weighted by Gasteiger charge is -2.60. The number of hydrogen-bond donors (Lipinski definition) is 2. The molecule has 12 unspecified atom stereocenters. The van der Waals surface area contributed by atoms with Gasteiger partial charge in [-0.15, -0.1) is 0 Å². The molecule has 0 amide bonds. The Hall–Kier alpha value is -0.710. The number of hydrogen-bond acceptors (Lipinski definition) is 4. The summed E-state index contributed by atoms with van der Waals surface area (Å²) in [4.78, 5) is 13.4. The third kappa shape index (κ3) is 2.94. The minimum absolute atomic E-state index is 0.0371. The van der Waals surface area contributed by atoms with Gasteiger partial charge in [0.2, 0.25) is 0 Å². The van der Waals surface area contributed by atoms with Gasteiger partial charge in [0.1, 0.15) is 11.4 Å². The minimum Gasteiger partial charge on any atom is -0.393 e. The maximum atomic E-state index is 13.4. The van der Waals surface area contributed by atoms with Crippen LogP contribution in [0.5, 0.6) is 0 Å². The van der Waals surface area contributed by atoms with Gasteiger partial charge in [0, 0.05) is 18.8 Å². The van der Waals surface area contributed by atoms with Crippen molar-refractivity contribution < 1.29 is 19.7 Å². The lowest BCUT2D eigenvalue weighted by molar-refractivity contribution is -0.179. The van der Waals surface area contributed by atoms with Gasteiger partial charge in [-0.3, -0.25) is 4.79 Å². The molecule has 0 radical (unpaired) electrons. The van der Waals surface area contributed by atoms with Crippen LogP contribution in [0.15, 0.2) is 12.2 Å². The van der Waals surface area contributed by atoms with Crippen molar-refractivity contribution in [1.29, 1.82) is 0 Å². The van der Waals surface area contributed by atoms with E-state index in [-0.39, 0.29) is 29.6 Å². The maximum Gasteiger partial charge on any atom is 0.144 e. The Morgan fingerprint density at radius 1 is 1.06 bits per heavy atom. The highest BCUT2D eigenvalue weighted by Crippen LogP contribution is 2.73. The number of epoxide rings is 1. The molecular weight excluding hydrogens is 400 g/mol. The number of ketones is 1. The molecule has 4 aliphatic carbocycles. The van der Waals surface area contributed by atoms with Gasteiger partial charge in [-0.25, -0.2) is 0 Å². The zero-order valence-corrected chi connectivity index (χ0v) is 20.9. The van der Waals surface area contributed by atoms with Crippen LogP contribution in [-0.2, 0) is 9.53 Å². The van der Waals surface area contributed by atoms with Crippen LogP contribution in [-0.4, -0.2) is 39.9 Å². The number of fused-ring (bicyclic) bond motifs is 4. The first-order chi connectivity index (χ1) is 15.0. The predicted molar refractivity (Wildman–Crippen MR) is 125 cm³/mol. The molecule has 12 atom stereocenters. The molecule has 0 bridgehead atoms. The fourth-order valence-electron chi connectivity index (χ4n) is 9.21. The first-order valence-corrected chi connectivity index (χ1v) is 13.2. The van der Waals surface area contributed by atoms with Crippen LogP contribution in [0, 0.1) is 52.3 Å². The third-order valence-electron chi connectivity index (χ3n) is 11.3. The van der Waals surface area contributed by atoms with E-state index in [1.54, 1.807) is 0 Å². The van der Waals surface area contributed by atoms with Crippen LogP contribution >= 0.6 is 0 Å². The number of rotatable bonds is 4. The van der Waals surface area contributed by atoms with Crippen molar-refractivity contribution in [2.45, 2.75) is 104 Å². The molecule has 32 heavy (non-hydrogen) atoms. The van der Waals surface area contributed by atoms with Crippen molar-refractivity contribution in [2.24, 2.45) is 52.3 Å². The third-order valence-corrected chi connectivity index (χ3v) is 11.3. The topological polar surface area (TPSA) is 70.1 Å². The van der Waals surface area contributed by atoms with Crippen molar-refractivity contribution in [3.05, 3.63) is 12.2 Å². The highest BCUT2D eigenvalue weighted by molar-refractivity contribution is 5.89. The Balaban J connectivity index is 1.43. The van der Waals surface area contributed by atoms with Gasteiger partial charge in [-0.05, 0) is 73.5 Å². The summed E-state index contributed by atoms with van der Waals surface area (Å²) in [6.45, 7) is 13.7. The van der Waals surface area contributed by atoms with Crippen molar-refractivity contribution >= 4 is 5.78 Å². The number of ether oxygens (including phenoxy) is 1. The number of Topliss-reactive ketones (excluding diaryl/α,β-unsaturated/α-hetero) is 1. The number of allylic oxidation sites excluding steroid dienone is 2. The fraction of sp³-hybridized carbons (Fsp3) is 0.893. The summed E-state index contributed by atoms with van der Waals surface area (Å²) >= 11 is 0. The molecule has 2 N–H and O–H groups in total. The van der Waals surface area contributed by atoms with Gasteiger partial charge in [-0.2, -0.15) is 0 Å². The number of carbonyl (C=O) groups is 1. The molecule has 1 spiro atoms. The maximum absolute atomic E-state index is 13.4. The van der Waals surface area contributed by atoms with E-state index >= 15 is 0 Å². The van der Waals surface area contributed by atoms with Gasteiger partial charge >= 0.3 is 0 Å². The summed E-state index contributed by atoms with van der Waals surface area (Å²) in [6, 6.07) is 0. The average Bonchev–Trinajstić information content (AvgIpc) is 3.28. The molecule has 180 valence electrons. The van der Waals surface area contributed by atoms with Crippen LogP contribution < -0.4 is 0 Å². The summed E-state index contributed by atoms with van der Waals surface area (Å²) < 4.78 is 6.29. The van der Waals surface area contributed by atoms with Crippen molar-refractivity contribution in [1.82, 2.24) is 0 Å². The molecule has 4 saturated carbocycles. The number of carbonyl (C=O) groups excluding carboxylic acids is 1. The van der Waals surface area contributed by atoms with Gasteiger partial charge in [0.05, 0.1) is 23.7 Å². The van der Waals surface area contributed by atoms with Crippen LogP contribution in [0.2, 0.25) is 0 Å². The monoisotopic (exact) mass is 444 g/mol. The van der Waals surface area contributed by atoms with E-state index in [2.05, 4.69) is 53.7 Å². The summed E-state index contributed by atoms with van der Waals surface area (Å²) in [5.74, 6) is 3.25. The second-order valence-electron chi connectivity index (χ2n) is 13.0. The lowest BCUT2D eigenvalue weighted by atomic mass is 9.43. The predicted octanol–water partition coefficient (Wildman–Crippen LogP) is 4.77. The molecule has 4 heteroatoms. The zero-order chi connectivity index (χ0) is 23.2. The second-order valence-corrected chi connectivity index (χ2v) is 13.0. The first kappa shape index (κ1) is 23.1. The lowest BCUT2D eigenvalue weighted by Crippen LogP contribution is -2.66. The first-order valence-electron chi connectivity index (χ1n) is 13.2. The van der Waals surface area contributed by atoms with Crippen LogP contribution in [0.3, 0.4) is 0 Å². The summed E-state index contributed by atoms with van der Waals surface area (Å²) in [6.07, 6.45) is 8.73. The van der Waals surface area contributed by atoms with Gasteiger partial charge in [0.25, 0.3) is 0 Å². The Kier molecular flexibility index (Phi) is 5.33. The van der Waals surface area contributed by atoms with E-state index in [9.17, 15) is 15.0 Å². The molecule has 0 aromatic heterocycles. The van der Waals surface area contributed by atoms with E-state index < -0.39 is 23.2 Å². The summed E-state index contributed by atoms with van der Waals surface area (Å²) in [5.41, 5.74) is -1.08. The molecule has 0 aromatic rings. The van der Waals surface area contributed by atoms with Crippen molar-refractivity contribution in [3.8, 4) is 0 Å². The quantitative estimate of drug-likeness (QED) is 0.484. The van der Waals surface area contributed by atoms with Crippen LogP contribution in [0.4, 0.5) is 0 Å². The van der Waals surface area contributed by atoms with E-state index in [1.807, 2.05) is 0 Å². The van der Waals surface area contributed by atoms with Crippen LogP contribution in [0.25, 0.3) is 0 Å². The van der Waals surface area contributed by atoms with E-state index in [4.69, 9.17) is 4.74 Å². The Labute approximate surface area is 194 Å². The highest BCUT2D eigenvalue weighted by atomic mass is 16.6. The van der Waals surface area contributed by atoms with Gasteiger partial charge < -0.3 is 14.9 Å². The normalized spacial score (nSPS) is 54.0. The molecule has 0 aromatic carbocycles. The Morgan fingerprint density at radius 3 is 2.47 bits per heavy atom. The minimum atomic E-state index is -0.656. The Bertz CT molecular complexity index is 805. The second kappa shape index (κ2) is 7.39. The summed E-state index contributed by atoms with van der Waals surface area (Å²) in [5, 5.41) is 22.0. The van der Waals surface area contributed by atoms with Gasteiger partial charge in [-0.1, -0.05) is 46.8 Å². The van der Waals surface area contributed by atoms with Gasteiger partial charge in [0.15, 0.2) is 0 Å². The average molecular weight is 445 g/mol. The Morgan fingerprint density at radius 2 is 1.78 bits per heavy atom. The van der Waals surface area contributed by atoms with E-state index in [0.29, 0.717) is 41.9 Å². The van der Waals surface area contributed by atoms with E-state index in [1.165, 1.54) is 12.8 Å². The number of aliphatic hydroxyl groups excluding tert-OH is 2. The number of aliphatic hydroxyl groups is 2. The zero-order valence-electron chi connectivity index (χ0n) is 20.9. The largest absolute Gasteiger partial charge is 0.393 e. The van der Waals surface area contributed by atoms with Crippen molar-refractivity contribution in [2.75, 3.05) is 0 Å². The van der Waals surface area contributed by atoms with E-state index in [0.717, 1.165) is 12.8 Å². The molecule has 1 aliphatic heterocycles. The molecule has 1 heterocycles. The molecule has 5 aliphatic rings. The smallest absolute Gasteiger partial charge is 0.144 e. The highest BCUT2D eigenvalue weighted by Gasteiger charge is 2.80. The summed E-state index contributed by atoms with van der Waals surface area (Å²) in [7, 11) is 0. The molecule has 5 fully saturated rings. The fourth-order valence-corrected chi connectivity index (χ4v) is 9.21. The SMILES string of the molecule is CC(C)C(C)C=CC(C)C1CCC2C3CC4OC45CC(O)CC(=O)C5(C)C3C(O)CC12C.